The molecule has 0 saturated carbocycles. The summed E-state index contributed by atoms with van der Waals surface area (Å²) in [5.74, 6) is -0.846. The number of carbonyl (C=O) groups excluding carboxylic acids is 2. The molecule has 174 valence electrons. The third kappa shape index (κ3) is 4.98. The van der Waals surface area contributed by atoms with Crippen molar-refractivity contribution in [2.24, 2.45) is 0 Å². The third-order valence-electron chi connectivity index (χ3n) is 5.36. The third-order valence-corrected chi connectivity index (χ3v) is 5.36. The number of aliphatic hydroxyl groups is 1. The molecule has 3 N–H and O–H groups in total. The van der Waals surface area contributed by atoms with E-state index in [0.717, 1.165) is 12.1 Å². The van der Waals surface area contributed by atoms with E-state index in [2.05, 4.69) is 20.7 Å². The van der Waals surface area contributed by atoms with E-state index in [1.165, 1.54) is 19.9 Å². The van der Waals surface area contributed by atoms with Crippen LogP contribution in [0.25, 0.3) is 10.9 Å². The van der Waals surface area contributed by atoms with E-state index in [1.807, 2.05) is 0 Å². The minimum absolute atomic E-state index is 0.00534. The van der Waals surface area contributed by atoms with E-state index >= 15 is 0 Å². The zero-order valence-electron chi connectivity index (χ0n) is 17.9. The summed E-state index contributed by atoms with van der Waals surface area (Å²) in [5, 5.41) is 21.2. The number of amides is 2. The molecule has 0 bridgehead atoms. The molecule has 0 spiro atoms. The lowest BCUT2D eigenvalue weighted by Crippen LogP contribution is -2.29. The van der Waals surface area contributed by atoms with Crippen LogP contribution in [0.4, 0.5) is 18.9 Å². The Kier molecular flexibility index (Phi) is 5.61. The van der Waals surface area contributed by atoms with Crippen molar-refractivity contribution in [1.82, 2.24) is 20.1 Å². The SMILES string of the molecule is CC(C)(O)c1cc2nn(C[C@@H]3CCC(=O)N3)cc2cc1NC(=O)c1cccc(C(F)(F)F)n1. The van der Waals surface area contributed by atoms with Gasteiger partial charge in [0.25, 0.3) is 5.91 Å². The molecule has 4 rings (SSSR count). The molecule has 1 aromatic carbocycles. The van der Waals surface area contributed by atoms with Crippen molar-refractivity contribution < 1.29 is 27.9 Å². The quantitative estimate of drug-likeness (QED) is 0.541. The van der Waals surface area contributed by atoms with Gasteiger partial charge in [0.05, 0.1) is 17.7 Å². The van der Waals surface area contributed by atoms with Crippen LogP contribution in [0, 0.1) is 0 Å². The first-order chi connectivity index (χ1) is 15.4. The molecular formula is C22H22F3N5O3. The van der Waals surface area contributed by atoms with Gasteiger partial charge in [-0.15, -0.1) is 0 Å². The highest BCUT2D eigenvalue weighted by Crippen LogP contribution is 2.33. The Labute approximate surface area is 186 Å². The van der Waals surface area contributed by atoms with Gasteiger partial charge in [0.1, 0.15) is 11.4 Å². The molecule has 1 aliphatic rings. The number of pyridine rings is 1. The number of hydrogen-bond donors (Lipinski definition) is 3. The Morgan fingerprint density at radius 1 is 1.30 bits per heavy atom. The first-order valence-corrected chi connectivity index (χ1v) is 10.3. The summed E-state index contributed by atoms with van der Waals surface area (Å²) in [6, 6.07) is 6.26. The molecule has 1 saturated heterocycles. The molecule has 0 unspecified atom stereocenters. The lowest BCUT2D eigenvalue weighted by molar-refractivity contribution is -0.141. The van der Waals surface area contributed by atoms with Crippen molar-refractivity contribution in [3.63, 3.8) is 0 Å². The van der Waals surface area contributed by atoms with Crippen molar-refractivity contribution in [2.75, 3.05) is 5.32 Å². The topological polar surface area (TPSA) is 109 Å². The van der Waals surface area contributed by atoms with Gasteiger partial charge in [0.15, 0.2) is 0 Å². The summed E-state index contributed by atoms with van der Waals surface area (Å²) < 4.78 is 40.6. The smallest absolute Gasteiger partial charge is 0.386 e. The van der Waals surface area contributed by atoms with Crippen LogP contribution in [0.3, 0.4) is 0 Å². The second-order valence-corrected chi connectivity index (χ2v) is 8.53. The van der Waals surface area contributed by atoms with E-state index in [-0.39, 0.29) is 17.6 Å². The van der Waals surface area contributed by atoms with Crippen LogP contribution >= 0.6 is 0 Å². The first kappa shape index (κ1) is 22.7. The highest BCUT2D eigenvalue weighted by molar-refractivity contribution is 6.04. The Bertz CT molecular complexity index is 1230. The molecule has 1 aliphatic heterocycles. The van der Waals surface area contributed by atoms with Gasteiger partial charge in [0.2, 0.25) is 5.91 Å². The zero-order chi connectivity index (χ0) is 24.0. The van der Waals surface area contributed by atoms with E-state index in [9.17, 15) is 27.9 Å². The summed E-state index contributed by atoms with van der Waals surface area (Å²) in [5.41, 5.74) is -1.82. The number of anilines is 1. The molecule has 8 nitrogen and oxygen atoms in total. The predicted octanol–water partition coefficient (Wildman–Crippen LogP) is 3.21. The minimum Gasteiger partial charge on any atom is -0.386 e. The number of carbonyl (C=O) groups is 2. The number of benzene rings is 1. The highest BCUT2D eigenvalue weighted by atomic mass is 19.4. The summed E-state index contributed by atoms with van der Waals surface area (Å²) in [4.78, 5) is 27.5. The molecule has 3 heterocycles. The molecule has 3 aromatic rings. The lowest BCUT2D eigenvalue weighted by Gasteiger charge is -2.22. The number of hydrogen-bond acceptors (Lipinski definition) is 5. The van der Waals surface area contributed by atoms with E-state index in [1.54, 1.807) is 23.0 Å². The molecule has 0 radical (unpaired) electrons. The summed E-state index contributed by atoms with van der Waals surface area (Å²) in [6.45, 7) is 3.52. The van der Waals surface area contributed by atoms with Crippen molar-refractivity contribution in [1.29, 1.82) is 0 Å². The molecule has 33 heavy (non-hydrogen) atoms. The molecule has 0 aliphatic carbocycles. The van der Waals surface area contributed by atoms with Gasteiger partial charge in [-0.2, -0.15) is 18.3 Å². The predicted molar refractivity (Wildman–Crippen MR) is 113 cm³/mol. The van der Waals surface area contributed by atoms with Crippen LogP contribution < -0.4 is 10.6 Å². The van der Waals surface area contributed by atoms with Crippen molar-refractivity contribution in [3.05, 3.63) is 53.5 Å². The largest absolute Gasteiger partial charge is 0.433 e. The molecule has 1 atom stereocenters. The molecule has 2 amide bonds. The second kappa shape index (κ2) is 8.14. The average Bonchev–Trinajstić information content (AvgIpc) is 3.31. The normalized spacial score (nSPS) is 16.8. The zero-order valence-corrected chi connectivity index (χ0v) is 17.9. The number of fused-ring (bicyclic) bond motifs is 1. The molecule has 1 fully saturated rings. The summed E-state index contributed by atoms with van der Waals surface area (Å²) >= 11 is 0. The number of nitrogens with one attached hydrogen (secondary N) is 2. The average molecular weight is 461 g/mol. The van der Waals surface area contributed by atoms with Gasteiger partial charge in [0, 0.05) is 35.3 Å². The van der Waals surface area contributed by atoms with Gasteiger partial charge in [-0.1, -0.05) is 6.07 Å². The highest BCUT2D eigenvalue weighted by Gasteiger charge is 2.33. The van der Waals surface area contributed by atoms with Crippen molar-refractivity contribution in [3.8, 4) is 0 Å². The van der Waals surface area contributed by atoms with Crippen molar-refractivity contribution in [2.45, 2.75) is 51.1 Å². The summed E-state index contributed by atoms with van der Waals surface area (Å²) in [6.07, 6.45) is -1.77. The second-order valence-electron chi connectivity index (χ2n) is 8.53. The van der Waals surface area contributed by atoms with Gasteiger partial charge in [-0.05, 0) is 44.5 Å². The fourth-order valence-corrected chi connectivity index (χ4v) is 3.77. The summed E-state index contributed by atoms with van der Waals surface area (Å²) in [7, 11) is 0. The number of halogens is 3. The maximum atomic E-state index is 13.0. The van der Waals surface area contributed by atoms with Crippen LogP contribution in [0.1, 0.15) is 48.4 Å². The van der Waals surface area contributed by atoms with E-state index in [0.29, 0.717) is 35.9 Å². The molecule has 2 aromatic heterocycles. The monoisotopic (exact) mass is 461 g/mol. The fraction of sp³-hybridized carbons (Fsp3) is 0.364. The van der Waals surface area contributed by atoms with Crippen LogP contribution in [0.15, 0.2) is 36.5 Å². The molecular weight excluding hydrogens is 439 g/mol. The van der Waals surface area contributed by atoms with Crippen LogP contribution in [0.5, 0.6) is 0 Å². The molecule has 11 heteroatoms. The van der Waals surface area contributed by atoms with Crippen molar-refractivity contribution >= 4 is 28.4 Å². The van der Waals surface area contributed by atoms with Gasteiger partial charge >= 0.3 is 6.18 Å². The van der Waals surface area contributed by atoms with Crippen LogP contribution in [-0.4, -0.2) is 37.7 Å². The number of nitrogens with zero attached hydrogens (tertiary/aromatic N) is 3. The van der Waals surface area contributed by atoms with Gasteiger partial charge in [-0.25, -0.2) is 4.98 Å². The Morgan fingerprint density at radius 2 is 2.06 bits per heavy atom. The lowest BCUT2D eigenvalue weighted by atomic mass is 9.95. The Morgan fingerprint density at radius 3 is 2.70 bits per heavy atom. The Hall–Kier alpha value is -3.47. The maximum absolute atomic E-state index is 13.0. The fourth-order valence-electron chi connectivity index (χ4n) is 3.77. The van der Waals surface area contributed by atoms with Gasteiger partial charge < -0.3 is 15.7 Å². The number of alkyl halides is 3. The Balaban J connectivity index is 1.65. The van der Waals surface area contributed by atoms with Crippen LogP contribution in [0.2, 0.25) is 0 Å². The maximum Gasteiger partial charge on any atom is 0.433 e. The number of rotatable bonds is 5. The van der Waals surface area contributed by atoms with Gasteiger partial charge in [-0.3, -0.25) is 14.3 Å². The first-order valence-electron chi connectivity index (χ1n) is 10.3. The number of aromatic nitrogens is 3. The van der Waals surface area contributed by atoms with E-state index < -0.39 is 29.1 Å². The van der Waals surface area contributed by atoms with Crippen LogP contribution in [-0.2, 0) is 23.1 Å². The van der Waals surface area contributed by atoms with E-state index in [4.69, 9.17) is 0 Å². The standard InChI is InChI=1S/C22H22F3N5O3/c1-21(2,33)14-9-16-12(10-30(29-16)11-13-6-7-19(31)26-13)8-17(14)28-20(32)15-4-3-5-18(27-15)22(23,24)25/h3-5,8-10,13,33H,6-7,11H2,1-2H3,(H,26,31)(H,28,32)/t13-/m0/s1. The minimum atomic E-state index is -4.68.